The van der Waals surface area contributed by atoms with E-state index >= 15 is 0 Å². The fourth-order valence-electron chi connectivity index (χ4n) is 2.22. The molecule has 0 radical (unpaired) electrons. The standard InChI is InChI=1S/C15H17Br2NOS/c1-4-18-15(11-8-14(17)20-9(11)2)10-5-6-13(19-3)12(16)7-10/h5-8,15,18H,4H2,1-3H3. The lowest BCUT2D eigenvalue weighted by molar-refractivity contribution is 0.412. The number of rotatable bonds is 5. The zero-order valence-corrected chi connectivity index (χ0v) is 15.7. The first-order chi connectivity index (χ1) is 9.56. The molecule has 2 rings (SSSR count). The Kier molecular flexibility index (Phi) is 5.66. The molecule has 1 aromatic carbocycles. The van der Waals surface area contributed by atoms with E-state index in [1.807, 2.05) is 6.07 Å². The van der Waals surface area contributed by atoms with Gasteiger partial charge in [0.05, 0.1) is 21.4 Å². The van der Waals surface area contributed by atoms with Gasteiger partial charge in [-0.2, -0.15) is 0 Å². The van der Waals surface area contributed by atoms with Crippen LogP contribution in [0.5, 0.6) is 5.75 Å². The van der Waals surface area contributed by atoms with Gasteiger partial charge in [-0.25, -0.2) is 0 Å². The van der Waals surface area contributed by atoms with Gasteiger partial charge in [-0.05, 0) is 74.7 Å². The molecule has 0 aliphatic heterocycles. The van der Waals surface area contributed by atoms with Crippen LogP contribution >= 0.6 is 43.2 Å². The van der Waals surface area contributed by atoms with Gasteiger partial charge in [0.1, 0.15) is 5.75 Å². The van der Waals surface area contributed by atoms with Crippen LogP contribution in [0.25, 0.3) is 0 Å². The van der Waals surface area contributed by atoms with Crippen molar-refractivity contribution in [2.24, 2.45) is 0 Å². The third-order valence-corrected chi connectivity index (χ3v) is 5.34. The second kappa shape index (κ2) is 7.07. The smallest absolute Gasteiger partial charge is 0.133 e. The average Bonchev–Trinajstić information content (AvgIpc) is 2.74. The van der Waals surface area contributed by atoms with Gasteiger partial charge in [0.25, 0.3) is 0 Å². The first kappa shape index (κ1) is 16.0. The zero-order chi connectivity index (χ0) is 14.7. The second-order valence-electron chi connectivity index (χ2n) is 4.45. The number of aryl methyl sites for hydroxylation is 1. The van der Waals surface area contributed by atoms with Crippen LogP contribution in [0.4, 0.5) is 0 Å². The molecule has 0 bridgehead atoms. The summed E-state index contributed by atoms with van der Waals surface area (Å²) >= 11 is 8.91. The summed E-state index contributed by atoms with van der Waals surface area (Å²) in [7, 11) is 1.68. The molecule has 0 amide bonds. The van der Waals surface area contributed by atoms with Gasteiger partial charge >= 0.3 is 0 Å². The number of ether oxygens (including phenoxy) is 1. The summed E-state index contributed by atoms with van der Waals surface area (Å²) in [5.41, 5.74) is 2.55. The molecule has 0 saturated carbocycles. The lowest BCUT2D eigenvalue weighted by atomic mass is 9.99. The van der Waals surface area contributed by atoms with E-state index in [4.69, 9.17) is 4.74 Å². The molecule has 20 heavy (non-hydrogen) atoms. The Hall–Kier alpha value is -0.360. The molecular weight excluding hydrogens is 402 g/mol. The first-order valence-corrected chi connectivity index (χ1v) is 8.79. The Morgan fingerprint density at radius 1 is 1.30 bits per heavy atom. The topological polar surface area (TPSA) is 21.3 Å². The maximum Gasteiger partial charge on any atom is 0.133 e. The molecule has 1 heterocycles. The monoisotopic (exact) mass is 417 g/mol. The Morgan fingerprint density at radius 2 is 2.05 bits per heavy atom. The molecular formula is C15H17Br2NOS. The predicted molar refractivity (Wildman–Crippen MR) is 93.0 cm³/mol. The number of nitrogens with one attached hydrogen (secondary N) is 1. The van der Waals surface area contributed by atoms with E-state index in [2.05, 4.69) is 69.2 Å². The van der Waals surface area contributed by atoms with Gasteiger partial charge in [-0.15, -0.1) is 11.3 Å². The van der Waals surface area contributed by atoms with E-state index in [0.717, 1.165) is 16.8 Å². The molecule has 5 heteroatoms. The van der Waals surface area contributed by atoms with Crippen LogP contribution in [-0.4, -0.2) is 13.7 Å². The summed E-state index contributed by atoms with van der Waals surface area (Å²) in [6.45, 7) is 5.21. The minimum atomic E-state index is 0.199. The van der Waals surface area contributed by atoms with Crippen LogP contribution in [0.15, 0.2) is 32.5 Å². The number of methoxy groups -OCH3 is 1. The van der Waals surface area contributed by atoms with Gasteiger partial charge < -0.3 is 10.1 Å². The summed E-state index contributed by atoms with van der Waals surface area (Å²) in [5, 5.41) is 3.56. The van der Waals surface area contributed by atoms with E-state index in [1.165, 1.54) is 19.8 Å². The van der Waals surface area contributed by atoms with Crippen LogP contribution in [0.2, 0.25) is 0 Å². The molecule has 0 aliphatic rings. The number of hydrogen-bond acceptors (Lipinski definition) is 3. The van der Waals surface area contributed by atoms with Crippen LogP contribution in [0.3, 0.4) is 0 Å². The van der Waals surface area contributed by atoms with E-state index in [1.54, 1.807) is 18.4 Å². The summed E-state index contributed by atoms with van der Waals surface area (Å²) < 4.78 is 7.45. The van der Waals surface area contributed by atoms with Gasteiger partial charge in [0, 0.05) is 4.88 Å². The van der Waals surface area contributed by atoms with E-state index in [0.29, 0.717) is 0 Å². The lowest BCUT2D eigenvalue weighted by Gasteiger charge is -2.19. The van der Waals surface area contributed by atoms with Crippen LogP contribution < -0.4 is 10.1 Å². The van der Waals surface area contributed by atoms with Crippen LogP contribution in [0, 0.1) is 6.92 Å². The number of benzene rings is 1. The van der Waals surface area contributed by atoms with Crippen molar-refractivity contribution in [3.05, 3.63) is 48.5 Å². The number of hydrogen-bond donors (Lipinski definition) is 1. The van der Waals surface area contributed by atoms with Crippen molar-refractivity contribution in [1.29, 1.82) is 0 Å². The van der Waals surface area contributed by atoms with E-state index in [9.17, 15) is 0 Å². The van der Waals surface area contributed by atoms with Gasteiger partial charge in [-0.3, -0.25) is 0 Å². The maximum atomic E-state index is 5.30. The highest BCUT2D eigenvalue weighted by molar-refractivity contribution is 9.11. The van der Waals surface area contributed by atoms with Crippen molar-refractivity contribution in [3.63, 3.8) is 0 Å². The minimum Gasteiger partial charge on any atom is -0.496 e. The number of thiophene rings is 1. The van der Waals surface area contributed by atoms with Crippen LogP contribution in [0.1, 0.15) is 29.0 Å². The molecule has 1 aromatic heterocycles. The molecule has 1 unspecified atom stereocenters. The SMILES string of the molecule is CCNC(c1ccc(OC)c(Br)c1)c1cc(Br)sc1C. The molecule has 0 aliphatic carbocycles. The largest absolute Gasteiger partial charge is 0.496 e. The Labute approximate surface area is 140 Å². The fourth-order valence-corrected chi connectivity index (χ4v) is 4.53. The first-order valence-electron chi connectivity index (χ1n) is 6.39. The quantitative estimate of drug-likeness (QED) is 0.712. The van der Waals surface area contributed by atoms with E-state index in [-0.39, 0.29) is 6.04 Å². The minimum absolute atomic E-state index is 0.199. The van der Waals surface area contributed by atoms with Gasteiger partial charge in [-0.1, -0.05) is 13.0 Å². The van der Waals surface area contributed by atoms with Crippen molar-refractivity contribution in [2.75, 3.05) is 13.7 Å². The lowest BCUT2D eigenvalue weighted by Crippen LogP contribution is -2.22. The summed E-state index contributed by atoms with van der Waals surface area (Å²) in [5.74, 6) is 0.854. The summed E-state index contributed by atoms with van der Waals surface area (Å²) in [6, 6.07) is 8.63. The molecule has 108 valence electrons. The molecule has 0 fully saturated rings. The highest BCUT2D eigenvalue weighted by atomic mass is 79.9. The Balaban J connectivity index is 2.43. The zero-order valence-electron chi connectivity index (χ0n) is 11.7. The molecule has 1 atom stereocenters. The van der Waals surface area contributed by atoms with Crippen molar-refractivity contribution in [3.8, 4) is 5.75 Å². The molecule has 1 N–H and O–H groups in total. The number of halogens is 2. The maximum absolute atomic E-state index is 5.30. The Morgan fingerprint density at radius 3 is 2.55 bits per heavy atom. The van der Waals surface area contributed by atoms with Crippen molar-refractivity contribution in [1.82, 2.24) is 5.32 Å². The van der Waals surface area contributed by atoms with Crippen molar-refractivity contribution >= 4 is 43.2 Å². The third-order valence-electron chi connectivity index (χ3n) is 3.15. The predicted octanol–water partition coefficient (Wildman–Crippen LogP) is 5.29. The average molecular weight is 419 g/mol. The molecule has 2 aromatic rings. The van der Waals surface area contributed by atoms with E-state index < -0.39 is 0 Å². The van der Waals surface area contributed by atoms with Crippen molar-refractivity contribution < 1.29 is 4.74 Å². The summed E-state index contributed by atoms with van der Waals surface area (Å²) in [6.07, 6.45) is 0. The fraction of sp³-hybridized carbons (Fsp3) is 0.333. The highest BCUT2D eigenvalue weighted by Crippen LogP contribution is 2.36. The third kappa shape index (κ3) is 3.45. The Bertz CT molecular complexity index is 598. The normalized spacial score (nSPS) is 12.4. The van der Waals surface area contributed by atoms with Gasteiger partial charge in [0.15, 0.2) is 0 Å². The van der Waals surface area contributed by atoms with Crippen molar-refractivity contribution in [2.45, 2.75) is 19.9 Å². The van der Waals surface area contributed by atoms with Crippen LogP contribution in [-0.2, 0) is 0 Å². The van der Waals surface area contributed by atoms with Gasteiger partial charge in [0.2, 0.25) is 0 Å². The molecule has 2 nitrogen and oxygen atoms in total. The second-order valence-corrected chi connectivity index (χ2v) is 7.94. The highest BCUT2D eigenvalue weighted by Gasteiger charge is 2.18. The molecule has 0 spiro atoms. The molecule has 0 saturated heterocycles. The summed E-state index contributed by atoms with van der Waals surface area (Å²) in [4.78, 5) is 1.33.